The van der Waals surface area contributed by atoms with Crippen molar-refractivity contribution >= 4 is 11.9 Å². The fourth-order valence-corrected chi connectivity index (χ4v) is 3.77. The summed E-state index contributed by atoms with van der Waals surface area (Å²) in [6, 6.07) is 14.6. The second-order valence-corrected chi connectivity index (χ2v) is 7.18. The lowest BCUT2D eigenvalue weighted by molar-refractivity contribution is 0.0696. The molecule has 1 fully saturated rings. The molecule has 1 saturated heterocycles. The van der Waals surface area contributed by atoms with Gasteiger partial charge in [-0.25, -0.2) is 4.79 Å². The van der Waals surface area contributed by atoms with E-state index < -0.39 is 5.97 Å². The fraction of sp³-hybridized carbons (Fsp3) is 0.227. The van der Waals surface area contributed by atoms with E-state index in [4.69, 9.17) is 5.11 Å². The summed E-state index contributed by atoms with van der Waals surface area (Å²) in [5, 5.41) is 15.9. The highest BCUT2D eigenvalue weighted by molar-refractivity contribution is 5.95. The van der Waals surface area contributed by atoms with Gasteiger partial charge in [0.15, 0.2) is 0 Å². The van der Waals surface area contributed by atoms with Crippen LogP contribution in [0.15, 0.2) is 60.9 Å². The predicted molar refractivity (Wildman–Crippen MR) is 105 cm³/mol. The molecule has 28 heavy (non-hydrogen) atoms. The van der Waals surface area contributed by atoms with Crippen LogP contribution in [0.3, 0.4) is 0 Å². The van der Waals surface area contributed by atoms with Gasteiger partial charge in [0.2, 0.25) is 0 Å². The molecule has 4 rings (SSSR count). The van der Waals surface area contributed by atoms with Crippen molar-refractivity contribution in [2.45, 2.75) is 12.8 Å². The van der Waals surface area contributed by atoms with Gasteiger partial charge in [-0.05, 0) is 54.2 Å². The summed E-state index contributed by atoms with van der Waals surface area (Å²) in [4.78, 5) is 26.0. The molecular weight excluding hydrogens is 354 g/mol. The second-order valence-electron chi connectivity index (χ2n) is 7.18. The first-order valence-corrected chi connectivity index (χ1v) is 9.31. The summed E-state index contributed by atoms with van der Waals surface area (Å²) < 4.78 is 0. The lowest BCUT2D eigenvalue weighted by Crippen LogP contribution is -2.29. The molecule has 2 N–H and O–H groups in total. The van der Waals surface area contributed by atoms with Gasteiger partial charge in [-0.3, -0.25) is 9.89 Å². The Labute approximate surface area is 162 Å². The lowest BCUT2D eigenvalue weighted by Gasteiger charge is -2.17. The fourth-order valence-electron chi connectivity index (χ4n) is 3.77. The van der Waals surface area contributed by atoms with Crippen LogP contribution < -0.4 is 0 Å². The van der Waals surface area contributed by atoms with Gasteiger partial charge in [0.25, 0.3) is 5.91 Å². The Hall–Kier alpha value is -3.41. The molecule has 0 saturated carbocycles. The zero-order chi connectivity index (χ0) is 19.5. The number of aromatic amines is 1. The highest BCUT2D eigenvalue weighted by atomic mass is 16.4. The van der Waals surface area contributed by atoms with Gasteiger partial charge in [-0.1, -0.05) is 24.3 Å². The topological polar surface area (TPSA) is 86.3 Å². The molecule has 6 nitrogen and oxygen atoms in total. The average molecular weight is 375 g/mol. The van der Waals surface area contributed by atoms with E-state index in [1.807, 2.05) is 35.2 Å². The standard InChI is InChI=1S/C22H21N3O3/c26-21(18-5-2-4-17(11-18)20-12-23-24-13-20)25-8-7-16(14-25)9-15-3-1-6-19(10-15)22(27)28/h1-6,10-13,16H,7-9,14H2,(H,23,24)(H,27,28). The number of rotatable bonds is 5. The largest absolute Gasteiger partial charge is 0.478 e. The molecule has 142 valence electrons. The third-order valence-electron chi connectivity index (χ3n) is 5.21. The highest BCUT2D eigenvalue weighted by Gasteiger charge is 2.27. The molecule has 0 radical (unpaired) electrons. The van der Waals surface area contributed by atoms with Crippen LogP contribution in [0.2, 0.25) is 0 Å². The third kappa shape index (κ3) is 3.81. The van der Waals surface area contributed by atoms with Gasteiger partial charge in [0, 0.05) is 30.4 Å². The van der Waals surface area contributed by atoms with E-state index in [1.165, 1.54) is 0 Å². The van der Waals surface area contributed by atoms with E-state index in [1.54, 1.807) is 30.6 Å². The first kappa shape index (κ1) is 18.0. The molecule has 1 aromatic heterocycles. The van der Waals surface area contributed by atoms with Gasteiger partial charge in [0.1, 0.15) is 0 Å². The molecule has 1 aliphatic heterocycles. The monoisotopic (exact) mass is 375 g/mol. The van der Waals surface area contributed by atoms with Crippen LogP contribution in [-0.4, -0.2) is 45.2 Å². The van der Waals surface area contributed by atoms with Gasteiger partial charge >= 0.3 is 5.97 Å². The van der Waals surface area contributed by atoms with Crippen LogP contribution in [0, 0.1) is 5.92 Å². The minimum absolute atomic E-state index is 0.0344. The molecule has 0 aliphatic carbocycles. The van der Waals surface area contributed by atoms with Crippen LogP contribution >= 0.6 is 0 Å². The molecule has 1 aliphatic rings. The Balaban J connectivity index is 1.43. The molecular formula is C22H21N3O3. The summed E-state index contributed by atoms with van der Waals surface area (Å²) >= 11 is 0. The molecule has 0 bridgehead atoms. The minimum Gasteiger partial charge on any atom is -0.478 e. The number of H-pyrrole nitrogens is 1. The summed E-state index contributed by atoms with van der Waals surface area (Å²) in [7, 11) is 0. The molecule has 1 unspecified atom stereocenters. The van der Waals surface area contributed by atoms with Crippen molar-refractivity contribution in [3.8, 4) is 11.1 Å². The number of carboxylic acid groups (broad SMARTS) is 1. The van der Waals surface area contributed by atoms with Gasteiger partial charge < -0.3 is 10.0 Å². The van der Waals surface area contributed by atoms with Crippen LogP contribution in [-0.2, 0) is 6.42 Å². The number of carbonyl (C=O) groups is 2. The number of aromatic carboxylic acids is 1. The number of aromatic nitrogens is 2. The Morgan fingerprint density at radius 3 is 2.71 bits per heavy atom. The van der Waals surface area contributed by atoms with E-state index in [0.717, 1.165) is 36.1 Å². The average Bonchev–Trinajstić information content (AvgIpc) is 3.40. The molecule has 1 atom stereocenters. The van der Waals surface area contributed by atoms with E-state index in [-0.39, 0.29) is 5.91 Å². The van der Waals surface area contributed by atoms with Crippen molar-refractivity contribution in [2.75, 3.05) is 13.1 Å². The van der Waals surface area contributed by atoms with E-state index in [2.05, 4.69) is 10.2 Å². The number of likely N-dealkylation sites (tertiary alicyclic amines) is 1. The van der Waals surface area contributed by atoms with Crippen LogP contribution in [0.4, 0.5) is 0 Å². The van der Waals surface area contributed by atoms with Crippen molar-refractivity contribution in [3.05, 3.63) is 77.6 Å². The zero-order valence-electron chi connectivity index (χ0n) is 15.3. The quantitative estimate of drug-likeness (QED) is 0.715. The Bertz CT molecular complexity index is 998. The third-order valence-corrected chi connectivity index (χ3v) is 5.21. The van der Waals surface area contributed by atoms with Crippen molar-refractivity contribution in [1.82, 2.24) is 15.1 Å². The van der Waals surface area contributed by atoms with Crippen LogP contribution in [0.25, 0.3) is 11.1 Å². The smallest absolute Gasteiger partial charge is 0.335 e. The normalized spacial score (nSPS) is 16.3. The number of hydrogen-bond donors (Lipinski definition) is 2. The maximum atomic E-state index is 12.9. The van der Waals surface area contributed by atoms with Crippen LogP contribution in [0.1, 0.15) is 32.7 Å². The number of nitrogens with one attached hydrogen (secondary N) is 1. The maximum absolute atomic E-state index is 12.9. The zero-order valence-corrected chi connectivity index (χ0v) is 15.3. The van der Waals surface area contributed by atoms with E-state index >= 15 is 0 Å². The maximum Gasteiger partial charge on any atom is 0.335 e. The molecule has 3 aromatic rings. The minimum atomic E-state index is -0.914. The van der Waals surface area contributed by atoms with Gasteiger partial charge in [-0.2, -0.15) is 5.10 Å². The summed E-state index contributed by atoms with van der Waals surface area (Å²) in [6.45, 7) is 1.41. The number of carbonyl (C=O) groups excluding carboxylic acids is 1. The molecule has 6 heteroatoms. The molecule has 0 spiro atoms. The Morgan fingerprint density at radius 1 is 1.11 bits per heavy atom. The SMILES string of the molecule is O=C(O)c1cccc(CC2CCN(C(=O)c3cccc(-c4cn[nH]c4)c3)C2)c1. The predicted octanol–water partition coefficient (Wildman–Crippen LogP) is 3.48. The first-order valence-electron chi connectivity index (χ1n) is 9.31. The van der Waals surface area contributed by atoms with E-state index in [9.17, 15) is 9.59 Å². The summed E-state index contributed by atoms with van der Waals surface area (Å²) in [6.07, 6.45) is 5.24. The highest BCUT2D eigenvalue weighted by Crippen LogP contribution is 2.25. The number of hydrogen-bond acceptors (Lipinski definition) is 3. The van der Waals surface area contributed by atoms with Crippen molar-refractivity contribution in [2.24, 2.45) is 5.92 Å². The summed E-state index contributed by atoms with van der Waals surface area (Å²) in [5.41, 5.74) is 3.89. The van der Waals surface area contributed by atoms with Crippen molar-refractivity contribution < 1.29 is 14.7 Å². The number of benzene rings is 2. The number of nitrogens with zero attached hydrogens (tertiary/aromatic N) is 2. The summed E-state index contributed by atoms with van der Waals surface area (Å²) in [5.74, 6) is -0.542. The van der Waals surface area contributed by atoms with Crippen molar-refractivity contribution in [3.63, 3.8) is 0 Å². The first-order chi connectivity index (χ1) is 13.6. The second kappa shape index (κ2) is 7.68. The van der Waals surface area contributed by atoms with Crippen molar-refractivity contribution in [1.29, 1.82) is 0 Å². The Kier molecular flexibility index (Phi) is 4.93. The van der Waals surface area contributed by atoms with E-state index in [0.29, 0.717) is 23.6 Å². The Morgan fingerprint density at radius 2 is 1.93 bits per heavy atom. The molecule has 2 aromatic carbocycles. The van der Waals surface area contributed by atoms with Gasteiger partial charge in [0.05, 0.1) is 11.8 Å². The molecule has 2 heterocycles. The number of amides is 1. The number of carboxylic acids is 1. The van der Waals surface area contributed by atoms with Crippen LogP contribution in [0.5, 0.6) is 0 Å². The van der Waals surface area contributed by atoms with Gasteiger partial charge in [-0.15, -0.1) is 0 Å². The lowest BCUT2D eigenvalue weighted by atomic mass is 9.97. The molecule has 1 amide bonds.